The Hall–Kier alpha value is -2.14. The number of hydrogen-bond donors (Lipinski definition) is 0. The van der Waals surface area contributed by atoms with Crippen LogP contribution in [0, 0.1) is 0 Å². The number of anilines is 1. The molecule has 3 rings (SSSR count). The van der Waals surface area contributed by atoms with Crippen molar-refractivity contribution in [3.05, 3.63) is 41.2 Å². The summed E-state index contributed by atoms with van der Waals surface area (Å²) in [7, 11) is 1.33. The van der Waals surface area contributed by atoms with Gasteiger partial charge in [0, 0.05) is 18.7 Å². The maximum absolute atomic E-state index is 11.7. The lowest BCUT2D eigenvalue weighted by atomic mass is 10.1. The Morgan fingerprint density at radius 1 is 1.27 bits per heavy atom. The van der Waals surface area contributed by atoms with E-state index in [1.807, 2.05) is 18.2 Å². The van der Waals surface area contributed by atoms with E-state index in [4.69, 9.17) is 16.3 Å². The molecule has 0 spiro atoms. The summed E-state index contributed by atoms with van der Waals surface area (Å²) in [6.07, 6.45) is 3.71. The number of carbonyl (C=O) groups excluding carboxylic acids is 1. The molecule has 0 unspecified atom stereocenters. The van der Waals surface area contributed by atoms with Gasteiger partial charge in [-0.3, -0.25) is 0 Å². The van der Waals surface area contributed by atoms with Crippen LogP contribution in [0.2, 0.25) is 5.02 Å². The maximum atomic E-state index is 11.7. The van der Waals surface area contributed by atoms with Gasteiger partial charge < -0.3 is 9.64 Å². The van der Waals surface area contributed by atoms with Gasteiger partial charge in [0.25, 0.3) is 0 Å². The van der Waals surface area contributed by atoms with E-state index >= 15 is 0 Å². The minimum atomic E-state index is -0.506. The van der Waals surface area contributed by atoms with Crippen LogP contribution in [0.1, 0.15) is 23.3 Å². The Morgan fingerprint density at radius 2 is 2.00 bits per heavy atom. The number of ether oxygens (including phenoxy) is 1. The summed E-state index contributed by atoms with van der Waals surface area (Å²) in [6.45, 7) is 1.87. The Labute approximate surface area is 133 Å². The average molecular weight is 318 g/mol. The molecule has 0 aliphatic carbocycles. The zero-order valence-corrected chi connectivity index (χ0v) is 13.0. The first kappa shape index (κ1) is 14.8. The van der Waals surface area contributed by atoms with Crippen molar-refractivity contribution in [2.45, 2.75) is 12.8 Å². The highest BCUT2D eigenvalue weighted by Crippen LogP contribution is 2.33. The summed E-state index contributed by atoms with van der Waals surface area (Å²) in [5.74, 6) is 0.257. The largest absolute Gasteiger partial charge is 0.464 e. The standard InChI is InChI=1S/C16H16ClN3O2/c1-22-16(21)13-10-18-15(20-8-4-5-9-20)14(19-13)11-6-2-3-7-12(11)17/h2-3,6-7,10H,4-5,8-9H2,1H3. The van der Waals surface area contributed by atoms with Crippen molar-refractivity contribution in [3.8, 4) is 11.3 Å². The monoisotopic (exact) mass is 317 g/mol. The number of halogens is 1. The molecule has 1 fully saturated rings. The molecule has 0 amide bonds. The van der Waals surface area contributed by atoms with E-state index in [9.17, 15) is 4.79 Å². The lowest BCUT2D eigenvalue weighted by Gasteiger charge is -2.20. The van der Waals surface area contributed by atoms with Crippen LogP contribution in [0.4, 0.5) is 5.82 Å². The summed E-state index contributed by atoms with van der Waals surface area (Å²) in [4.78, 5) is 22.8. The predicted octanol–water partition coefficient (Wildman–Crippen LogP) is 3.18. The minimum Gasteiger partial charge on any atom is -0.464 e. The zero-order valence-electron chi connectivity index (χ0n) is 12.3. The van der Waals surface area contributed by atoms with Crippen LogP contribution in [-0.2, 0) is 4.74 Å². The van der Waals surface area contributed by atoms with Crippen LogP contribution in [0.3, 0.4) is 0 Å². The van der Waals surface area contributed by atoms with Gasteiger partial charge >= 0.3 is 5.97 Å². The van der Waals surface area contributed by atoms with Gasteiger partial charge in [-0.25, -0.2) is 14.8 Å². The molecule has 2 heterocycles. The highest BCUT2D eigenvalue weighted by Gasteiger charge is 2.22. The number of hydrogen-bond acceptors (Lipinski definition) is 5. The first-order valence-corrected chi connectivity index (χ1v) is 7.53. The second-order valence-corrected chi connectivity index (χ2v) is 5.50. The summed E-state index contributed by atoms with van der Waals surface area (Å²) in [5.41, 5.74) is 1.57. The fourth-order valence-corrected chi connectivity index (χ4v) is 2.81. The van der Waals surface area contributed by atoms with E-state index in [1.165, 1.54) is 13.3 Å². The first-order chi connectivity index (χ1) is 10.7. The van der Waals surface area contributed by atoms with Gasteiger partial charge in [-0.15, -0.1) is 0 Å². The van der Waals surface area contributed by atoms with Gasteiger partial charge in [-0.05, 0) is 18.9 Å². The molecule has 22 heavy (non-hydrogen) atoms. The second-order valence-electron chi connectivity index (χ2n) is 5.09. The smallest absolute Gasteiger partial charge is 0.358 e. The van der Waals surface area contributed by atoms with Crippen molar-refractivity contribution in [1.82, 2.24) is 9.97 Å². The quantitative estimate of drug-likeness (QED) is 0.814. The van der Waals surface area contributed by atoms with Crippen molar-refractivity contribution in [3.63, 3.8) is 0 Å². The zero-order chi connectivity index (χ0) is 15.5. The third-order valence-electron chi connectivity index (χ3n) is 3.68. The number of carbonyl (C=O) groups is 1. The number of nitrogens with zero attached hydrogens (tertiary/aromatic N) is 3. The Balaban J connectivity index is 2.14. The third-order valence-corrected chi connectivity index (χ3v) is 4.01. The van der Waals surface area contributed by atoms with Gasteiger partial charge in [0.2, 0.25) is 0 Å². The minimum absolute atomic E-state index is 0.181. The van der Waals surface area contributed by atoms with Gasteiger partial charge in [-0.1, -0.05) is 29.8 Å². The molecule has 0 atom stereocenters. The highest BCUT2D eigenvalue weighted by atomic mass is 35.5. The van der Waals surface area contributed by atoms with Crippen LogP contribution in [0.15, 0.2) is 30.5 Å². The number of rotatable bonds is 3. The molecule has 0 N–H and O–H groups in total. The van der Waals surface area contributed by atoms with E-state index in [-0.39, 0.29) is 5.69 Å². The molecule has 0 saturated carbocycles. The number of esters is 1. The molecule has 1 aromatic heterocycles. The van der Waals surface area contributed by atoms with Crippen molar-refractivity contribution in [1.29, 1.82) is 0 Å². The average Bonchev–Trinajstić information content (AvgIpc) is 3.08. The molecule has 1 aliphatic rings. The Morgan fingerprint density at radius 3 is 2.68 bits per heavy atom. The molecular weight excluding hydrogens is 302 g/mol. The van der Waals surface area contributed by atoms with Crippen LogP contribution >= 0.6 is 11.6 Å². The molecule has 2 aromatic rings. The van der Waals surface area contributed by atoms with Crippen molar-refractivity contribution < 1.29 is 9.53 Å². The molecule has 5 nitrogen and oxygen atoms in total. The van der Waals surface area contributed by atoms with E-state index in [1.54, 1.807) is 6.07 Å². The van der Waals surface area contributed by atoms with E-state index in [2.05, 4.69) is 14.9 Å². The van der Waals surface area contributed by atoms with Crippen molar-refractivity contribution in [2.75, 3.05) is 25.1 Å². The molecule has 0 bridgehead atoms. The van der Waals surface area contributed by atoms with Crippen LogP contribution < -0.4 is 4.90 Å². The third kappa shape index (κ3) is 2.76. The summed E-state index contributed by atoms with van der Waals surface area (Å²) >= 11 is 6.30. The van der Waals surface area contributed by atoms with Crippen molar-refractivity contribution >= 4 is 23.4 Å². The fourth-order valence-electron chi connectivity index (χ4n) is 2.58. The van der Waals surface area contributed by atoms with Gasteiger partial charge in [-0.2, -0.15) is 0 Å². The van der Waals surface area contributed by atoms with Gasteiger partial charge in [0.15, 0.2) is 11.5 Å². The number of aromatic nitrogens is 2. The van der Waals surface area contributed by atoms with Crippen LogP contribution in [0.5, 0.6) is 0 Å². The summed E-state index contributed by atoms with van der Waals surface area (Å²) in [5, 5.41) is 0.583. The maximum Gasteiger partial charge on any atom is 0.358 e. The van der Waals surface area contributed by atoms with E-state index in [0.717, 1.165) is 37.3 Å². The number of methoxy groups -OCH3 is 1. The Bertz CT molecular complexity index is 700. The van der Waals surface area contributed by atoms with Crippen LogP contribution in [0.25, 0.3) is 11.3 Å². The molecule has 6 heteroatoms. The molecule has 1 aromatic carbocycles. The van der Waals surface area contributed by atoms with Crippen LogP contribution in [-0.4, -0.2) is 36.1 Å². The van der Waals surface area contributed by atoms with Crippen molar-refractivity contribution in [2.24, 2.45) is 0 Å². The molecular formula is C16H16ClN3O2. The SMILES string of the molecule is COC(=O)c1cnc(N2CCCC2)c(-c2ccccc2Cl)n1. The number of benzene rings is 1. The fraction of sp³-hybridized carbons (Fsp3) is 0.312. The second kappa shape index (κ2) is 6.32. The normalized spacial score (nSPS) is 14.2. The van der Waals surface area contributed by atoms with Gasteiger partial charge in [0.05, 0.1) is 18.3 Å². The Kier molecular flexibility index (Phi) is 4.24. The summed E-state index contributed by atoms with van der Waals surface area (Å²) in [6, 6.07) is 7.44. The van der Waals surface area contributed by atoms with E-state index in [0.29, 0.717) is 10.7 Å². The summed E-state index contributed by atoms with van der Waals surface area (Å²) < 4.78 is 4.73. The highest BCUT2D eigenvalue weighted by molar-refractivity contribution is 6.33. The molecule has 1 saturated heterocycles. The lowest BCUT2D eigenvalue weighted by molar-refractivity contribution is 0.0593. The molecule has 0 radical (unpaired) electrons. The van der Waals surface area contributed by atoms with E-state index < -0.39 is 5.97 Å². The predicted molar refractivity (Wildman–Crippen MR) is 85.3 cm³/mol. The molecule has 1 aliphatic heterocycles. The first-order valence-electron chi connectivity index (χ1n) is 7.16. The topological polar surface area (TPSA) is 55.3 Å². The molecule has 114 valence electrons. The lowest BCUT2D eigenvalue weighted by Crippen LogP contribution is -2.21. The van der Waals surface area contributed by atoms with Gasteiger partial charge in [0.1, 0.15) is 5.69 Å².